The molecule has 1 fully saturated rings. The summed E-state index contributed by atoms with van der Waals surface area (Å²) in [5.41, 5.74) is 0.166. The van der Waals surface area contributed by atoms with Crippen molar-refractivity contribution in [1.29, 1.82) is 0 Å². The van der Waals surface area contributed by atoms with Crippen molar-refractivity contribution in [2.45, 2.75) is 66.4 Å². The second kappa shape index (κ2) is 11.7. The van der Waals surface area contributed by atoms with E-state index in [0.29, 0.717) is 5.92 Å². The molecule has 0 amide bonds. The Morgan fingerprint density at radius 2 is 2.00 bits per heavy atom. The van der Waals surface area contributed by atoms with E-state index in [1.165, 1.54) is 12.8 Å². The predicted octanol–water partition coefficient (Wildman–Crippen LogP) is 3.20. The first kappa shape index (κ1) is 21.2. The number of nitrogens with one attached hydrogen (secondary N) is 2. The van der Waals surface area contributed by atoms with E-state index in [0.717, 1.165) is 58.3 Å². The van der Waals surface area contributed by atoms with Crippen molar-refractivity contribution < 1.29 is 9.47 Å². The Hall–Kier alpha value is -0.810. The molecule has 5 nitrogen and oxygen atoms in total. The molecule has 1 saturated heterocycles. The molecule has 5 heteroatoms. The van der Waals surface area contributed by atoms with Crippen molar-refractivity contribution in [1.82, 2.24) is 10.6 Å². The highest BCUT2D eigenvalue weighted by atomic mass is 16.5. The Balaban J connectivity index is 2.45. The van der Waals surface area contributed by atoms with Gasteiger partial charge in [-0.3, -0.25) is 4.99 Å². The molecule has 142 valence electrons. The lowest BCUT2D eigenvalue weighted by Gasteiger charge is -2.39. The summed E-state index contributed by atoms with van der Waals surface area (Å²) in [5.74, 6) is 1.38. The van der Waals surface area contributed by atoms with Crippen molar-refractivity contribution in [2.24, 2.45) is 16.3 Å². The SMILES string of the molecule is CCCCOCCNC(=NCC1CCCOC1C(C)(C)C)NCC. The van der Waals surface area contributed by atoms with Gasteiger partial charge in [-0.2, -0.15) is 0 Å². The summed E-state index contributed by atoms with van der Waals surface area (Å²) >= 11 is 0. The quantitative estimate of drug-likeness (QED) is 0.384. The zero-order valence-electron chi connectivity index (χ0n) is 16.5. The summed E-state index contributed by atoms with van der Waals surface area (Å²) in [4.78, 5) is 4.79. The Bertz CT molecular complexity index is 353. The number of ether oxygens (including phenoxy) is 2. The molecule has 2 N–H and O–H groups in total. The third-order valence-electron chi connectivity index (χ3n) is 4.31. The maximum Gasteiger partial charge on any atom is 0.191 e. The van der Waals surface area contributed by atoms with Gasteiger partial charge in [-0.15, -0.1) is 0 Å². The third-order valence-corrected chi connectivity index (χ3v) is 4.31. The average molecular weight is 342 g/mol. The molecule has 24 heavy (non-hydrogen) atoms. The van der Waals surface area contributed by atoms with Crippen LogP contribution in [0.4, 0.5) is 0 Å². The Morgan fingerprint density at radius 1 is 1.21 bits per heavy atom. The van der Waals surface area contributed by atoms with E-state index in [4.69, 9.17) is 14.5 Å². The number of unbranched alkanes of at least 4 members (excludes halogenated alkanes) is 1. The molecule has 2 unspecified atom stereocenters. The van der Waals surface area contributed by atoms with Crippen LogP contribution in [-0.2, 0) is 9.47 Å². The molecule has 2 atom stereocenters. The molecule has 1 rings (SSSR count). The highest BCUT2D eigenvalue weighted by molar-refractivity contribution is 5.79. The minimum Gasteiger partial charge on any atom is -0.380 e. The lowest BCUT2D eigenvalue weighted by atomic mass is 9.78. The predicted molar refractivity (Wildman–Crippen MR) is 102 cm³/mol. The zero-order chi connectivity index (χ0) is 17.8. The van der Waals surface area contributed by atoms with Crippen LogP contribution in [0, 0.1) is 11.3 Å². The van der Waals surface area contributed by atoms with Crippen LogP contribution in [-0.4, -0.2) is 51.5 Å². The minimum atomic E-state index is 0.166. The summed E-state index contributed by atoms with van der Waals surface area (Å²) in [6, 6.07) is 0. The van der Waals surface area contributed by atoms with Crippen LogP contribution in [0.25, 0.3) is 0 Å². The van der Waals surface area contributed by atoms with Gasteiger partial charge in [0, 0.05) is 38.8 Å². The van der Waals surface area contributed by atoms with E-state index in [-0.39, 0.29) is 11.5 Å². The second-order valence-corrected chi connectivity index (χ2v) is 7.67. The van der Waals surface area contributed by atoms with Gasteiger partial charge in [0.2, 0.25) is 0 Å². The maximum atomic E-state index is 6.05. The van der Waals surface area contributed by atoms with Gasteiger partial charge in [-0.25, -0.2) is 0 Å². The third kappa shape index (κ3) is 8.34. The van der Waals surface area contributed by atoms with E-state index < -0.39 is 0 Å². The van der Waals surface area contributed by atoms with Gasteiger partial charge in [0.15, 0.2) is 5.96 Å². The fourth-order valence-electron chi connectivity index (χ4n) is 3.13. The molecule has 0 aromatic carbocycles. The monoisotopic (exact) mass is 341 g/mol. The summed E-state index contributed by atoms with van der Waals surface area (Å²) in [6.07, 6.45) is 4.93. The van der Waals surface area contributed by atoms with Crippen molar-refractivity contribution in [2.75, 3.05) is 39.5 Å². The second-order valence-electron chi connectivity index (χ2n) is 7.67. The highest BCUT2D eigenvalue weighted by Gasteiger charge is 2.35. The molecule has 0 saturated carbocycles. The van der Waals surface area contributed by atoms with Gasteiger partial charge >= 0.3 is 0 Å². The number of nitrogens with zero attached hydrogens (tertiary/aromatic N) is 1. The fraction of sp³-hybridized carbons (Fsp3) is 0.947. The Labute approximate surface area is 149 Å². The maximum absolute atomic E-state index is 6.05. The van der Waals surface area contributed by atoms with Crippen molar-refractivity contribution >= 4 is 5.96 Å². The Kier molecular flexibility index (Phi) is 10.3. The minimum absolute atomic E-state index is 0.166. The van der Waals surface area contributed by atoms with Gasteiger partial charge in [0.1, 0.15) is 0 Å². The molecule has 0 bridgehead atoms. The van der Waals surface area contributed by atoms with E-state index in [2.05, 4.69) is 45.3 Å². The molecule has 0 aliphatic carbocycles. The topological polar surface area (TPSA) is 54.9 Å². The standard InChI is InChI=1S/C19H39N3O2/c1-6-8-12-23-14-11-21-18(20-7-2)22-15-16-10-9-13-24-17(16)19(3,4)5/h16-17H,6-15H2,1-5H3,(H2,20,21,22). The number of aliphatic imine (C=N–C) groups is 1. The van der Waals surface area contributed by atoms with Crippen molar-refractivity contribution in [3.63, 3.8) is 0 Å². The molecular weight excluding hydrogens is 302 g/mol. The van der Waals surface area contributed by atoms with Crippen LogP contribution >= 0.6 is 0 Å². The molecule has 1 aliphatic heterocycles. The molecule has 0 aromatic heterocycles. The van der Waals surface area contributed by atoms with Crippen LogP contribution in [0.3, 0.4) is 0 Å². The fourth-order valence-corrected chi connectivity index (χ4v) is 3.13. The van der Waals surface area contributed by atoms with E-state index in [9.17, 15) is 0 Å². The van der Waals surface area contributed by atoms with Gasteiger partial charge < -0.3 is 20.1 Å². The molecule has 1 heterocycles. The van der Waals surface area contributed by atoms with Gasteiger partial charge in [0.25, 0.3) is 0 Å². The van der Waals surface area contributed by atoms with E-state index >= 15 is 0 Å². The van der Waals surface area contributed by atoms with E-state index in [1.807, 2.05) is 0 Å². The molecular formula is C19H39N3O2. The number of rotatable bonds is 9. The van der Waals surface area contributed by atoms with Crippen molar-refractivity contribution in [3.05, 3.63) is 0 Å². The van der Waals surface area contributed by atoms with Gasteiger partial charge in [-0.05, 0) is 31.6 Å². The first-order valence-electron chi connectivity index (χ1n) is 9.70. The van der Waals surface area contributed by atoms with Crippen LogP contribution in [0.1, 0.15) is 60.3 Å². The lowest BCUT2D eigenvalue weighted by Crippen LogP contribution is -2.43. The Morgan fingerprint density at radius 3 is 2.67 bits per heavy atom. The van der Waals surface area contributed by atoms with Crippen LogP contribution in [0.5, 0.6) is 0 Å². The summed E-state index contributed by atoms with van der Waals surface area (Å²) < 4.78 is 11.6. The summed E-state index contributed by atoms with van der Waals surface area (Å²) in [7, 11) is 0. The average Bonchev–Trinajstić information content (AvgIpc) is 2.55. The largest absolute Gasteiger partial charge is 0.380 e. The van der Waals surface area contributed by atoms with Gasteiger partial charge in [-0.1, -0.05) is 34.1 Å². The molecule has 1 aliphatic rings. The molecule has 0 spiro atoms. The number of hydrogen-bond donors (Lipinski definition) is 2. The number of guanidine groups is 1. The van der Waals surface area contributed by atoms with E-state index in [1.54, 1.807) is 0 Å². The highest BCUT2D eigenvalue weighted by Crippen LogP contribution is 2.34. The first-order chi connectivity index (χ1) is 11.5. The zero-order valence-corrected chi connectivity index (χ0v) is 16.5. The normalized spacial score (nSPS) is 22.5. The summed E-state index contributed by atoms with van der Waals surface area (Å²) in [5, 5.41) is 6.68. The molecule has 0 aromatic rings. The van der Waals surface area contributed by atoms with Crippen LogP contribution in [0.2, 0.25) is 0 Å². The number of hydrogen-bond acceptors (Lipinski definition) is 3. The molecule has 0 radical (unpaired) electrons. The summed E-state index contributed by atoms with van der Waals surface area (Å²) in [6.45, 7) is 16.0. The van der Waals surface area contributed by atoms with Crippen molar-refractivity contribution in [3.8, 4) is 0 Å². The van der Waals surface area contributed by atoms with Gasteiger partial charge in [0.05, 0.1) is 12.7 Å². The van der Waals surface area contributed by atoms with Crippen LogP contribution in [0.15, 0.2) is 4.99 Å². The lowest BCUT2D eigenvalue weighted by molar-refractivity contribution is -0.0823. The first-order valence-corrected chi connectivity index (χ1v) is 9.70. The van der Waals surface area contributed by atoms with Crippen LogP contribution < -0.4 is 10.6 Å². The smallest absolute Gasteiger partial charge is 0.191 e.